The van der Waals surface area contributed by atoms with Gasteiger partial charge in [-0.1, -0.05) is 51.2 Å². The van der Waals surface area contributed by atoms with Gasteiger partial charge in [-0.05, 0) is 68.8 Å². The van der Waals surface area contributed by atoms with E-state index in [4.69, 9.17) is 0 Å². The van der Waals surface area contributed by atoms with Gasteiger partial charge >= 0.3 is 0 Å². The van der Waals surface area contributed by atoms with E-state index < -0.39 is 8.07 Å². The molecule has 0 nitrogen and oxygen atoms in total. The number of fused-ring (bicyclic) bond motifs is 2. The number of rotatable bonds is 6. The van der Waals surface area contributed by atoms with Gasteiger partial charge in [0.2, 0.25) is 0 Å². The van der Waals surface area contributed by atoms with Crippen molar-refractivity contribution >= 4 is 39.8 Å². The standard InChI is InChI=1S/C22H28S2Si/c1-5-13-23-15-21(17-9-7-11-19(17)23)25(3,4)22-16-24(14-6-2)20-12-8-10-18(20)22/h7-12,15-16H,5-6,13-14H2,1-4H3. The first kappa shape index (κ1) is 17.5. The third-order valence-electron chi connectivity index (χ3n) is 5.41. The lowest BCUT2D eigenvalue weighted by atomic mass is 10.3. The van der Waals surface area contributed by atoms with Crippen LogP contribution in [0, 0.1) is 0 Å². The molecule has 2 aliphatic heterocycles. The third-order valence-corrected chi connectivity index (χ3v) is 13.9. The lowest BCUT2D eigenvalue weighted by molar-refractivity contribution is 1.11. The first-order valence-electron chi connectivity index (χ1n) is 9.44. The van der Waals surface area contributed by atoms with Gasteiger partial charge < -0.3 is 0 Å². The predicted molar refractivity (Wildman–Crippen MR) is 124 cm³/mol. The summed E-state index contributed by atoms with van der Waals surface area (Å²) in [5.74, 6) is 2.62. The van der Waals surface area contributed by atoms with E-state index in [-0.39, 0.29) is 0 Å². The van der Waals surface area contributed by atoms with E-state index in [1.165, 1.54) is 24.3 Å². The molecule has 0 aromatic carbocycles. The Hall–Kier alpha value is -0.903. The minimum absolute atomic E-state index is 0.340. The minimum Gasteiger partial charge on any atom is -0.154 e. The van der Waals surface area contributed by atoms with Gasteiger partial charge in [-0.2, -0.15) is 21.0 Å². The van der Waals surface area contributed by atoms with Crippen LogP contribution in [0.3, 0.4) is 0 Å². The molecule has 0 amide bonds. The molecule has 0 saturated carbocycles. The van der Waals surface area contributed by atoms with Gasteiger partial charge in [-0.3, -0.25) is 0 Å². The van der Waals surface area contributed by atoms with Crippen LogP contribution in [0.5, 0.6) is 0 Å². The van der Waals surface area contributed by atoms with Crippen molar-refractivity contribution in [3.63, 3.8) is 0 Å². The molecule has 132 valence electrons. The first-order valence-corrected chi connectivity index (χ1v) is 15.4. The molecule has 0 N–H and O–H groups in total. The fourth-order valence-electron chi connectivity index (χ4n) is 4.14. The molecule has 4 rings (SSSR count). The van der Waals surface area contributed by atoms with E-state index >= 15 is 0 Å². The Kier molecular flexibility index (Phi) is 4.68. The van der Waals surface area contributed by atoms with Crippen molar-refractivity contribution in [1.82, 2.24) is 0 Å². The van der Waals surface area contributed by atoms with Crippen LogP contribution in [-0.2, 0) is 0 Å². The molecule has 2 unspecified atom stereocenters. The van der Waals surface area contributed by atoms with Gasteiger partial charge in [0.25, 0.3) is 0 Å². The zero-order valence-electron chi connectivity index (χ0n) is 15.8. The molecule has 0 saturated heterocycles. The molecule has 0 aromatic rings. The first-order chi connectivity index (χ1) is 12.1. The summed E-state index contributed by atoms with van der Waals surface area (Å²) in [6.07, 6.45) is 16.6. The summed E-state index contributed by atoms with van der Waals surface area (Å²) in [6.45, 7) is 9.79. The summed E-state index contributed by atoms with van der Waals surface area (Å²) in [7, 11) is -0.994. The van der Waals surface area contributed by atoms with Gasteiger partial charge in [-0.15, -0.1) is 0 Å². The van der Waals surface area contributed by atoms with Crippen LogP contribution in [0.25, 0.3) is 0 Å². The van der Waals surface area contributed by atoms with E-state index in [1.54, 1.807) is 31.3 Å². The summed E-state index contributed by atoms with van der Waals surface area (Å²) in [5.41, 5.74) is 3.15. The molecule has 0 bridgehead atoms. The summed E-state index contributed by atoms with van der Waals surface area (Å²) in [6, 6.07) is 0. The van der Waals surface area contributed by atoms with Gasteiger partial charge in [0, 0.05) is 9.81 Å². The highest BCUT2D eigenvalue weighted by atomic mass is 32.2. The largest absolute Gasteiger partial charge is 0.154 e. The Morgan fingerprint density at radius 1 is 0.760 bits per heavy atom. The van der Waals surface area contributed by atoms with Gasteiger partial charge in [-0.25, -0.2) is 0 Å². The van der Waals surface area contributed by atoms with Crippen molar-refractivity contribution in [2.24, 2.45) is 0 Å². The Balaban J connectivity index is 1.80. The molecule has 3 heteroatoms. The summed E-state index contributed by atoms with van der Waals surface area (Å²) >= 11 is 0. The smallest absolute Gasteiger partial charge is 0.115 e. The zero-order chi connectivity index (χ0) is 17.6. The Bertz CT molecular complexity index is 811. The molecule has 4 aliphatic rings. The fourth-order valence-corrected chi connectivity index (χ4v) is 13.7. The van der Waals surface area contributed by atoms with Crippen molar-refractivity contribution < 1.29 is 0 Å². The van der Waals surface area contributed by atoms with Crippen molar-refractivity contribution in [1.29, 1.82) is 0 Å². The molecule has 2 aliphatic carbocycles. The second-order valence-corrected chi connectivity index (χ2v) is 15.8. The van der Waals surface area contributed by atoms with Crippen LogP contribution in [0.2, 0.25) is 13.1 Å². The van der Waals surface area contributed by atoms with E-state index in [2.05, 4.69) is 74.1 Å². The summed E-state index contributed by atoms with van der Waals surface area (Å²) < 4.78 is 0. The molecule has 25 heavy (non-hydrogen) atoms. The van der Waals surface area contributed by atoms with Gasteiger partial charge in [0.15, 0.2) is 0 Å². The summed E-state index contributed by atoms with van der Waals surface area (Å²) in [4.78, 5) is 3.23. The molecule has 2 heterocycles. The van der Waals surface area contributed by atoms with Crippen molar-refractivity contribution in [2.75, 3.05) is 11.5 Å². The van der Waals surface area contributed by atoms with Crippen LogP contribution in [-0.4, -0.2) is 30.3 Å². The average Bonchev–Trinajstić information content (AvgIpc) is 3.30. The van der Waals surface area contributed by atoms with Crippen molar-refractivity contribution in [3.05, 3.63) is 67.8 Å². The Morgan fingerprint density at radius 3 is 1.60 bits per heavy atom. The normalized spacial score (nSPS) is 26.7. The van der Waals surface area contributed by atoms with Crippen LogP contribution >= 0.6 is 21.0 Å². The highest BCUT2D eigenvalue weighted by Crippen LogP contribution is 2.50. The van der Waals surface area contributed by atoms with Gasteiger partial charge in [0.1, 0.15) is 8.07 Å². The lowest BCUT2D eigenvalue weighted by Crippen LogP contribution is -2.34. The Labute approximate surface area is 158 Å². The molecular formula is C22H28S2Si. The maximum atomic E-state index is 2.67. The fraction of sp³-hybridized carbons (Fsp3) is 0.364. The SMILES string of the molecule is CCCS1=CC([Si](C)(C)C2=C3C=CC=C3S(CCC)=C2)=C2C=CC=C21. The lowest BCUT2D eigenvalue weighted by Gasteiger charge is -2.25. The van der Waals surface area contributed by atoms with Crippen LogP contribution in [0.15, 0.2) is 67.8 Å². The van der Waals surface area contributed by atoms with E-state index in [1.807, 2.05) is 0 Å². The molecular weight excluding hydrogens is 356 g/mol. The Morgan fingerprint density at radius 2 is 1.20 bits per heavy atom. The maximum Gasteiger partial charge on any atom is 0.115 e. The van der Waals surface area contributed by atoms with Crippen molar-refractivity contribution in [2.45, 2.75) is 39.8 Å². The second-order valence-electron chi connectivity index (χ2n) is 7.56. The molecule has 0 aromatic heterocycles. The topological polar surface area (TPSA) is 0 Å². The number of hydrogen-bond acceptors (Lipinski definition) is 0. The summed E-state index contributed by atoms with van der Waals surface area (Å²) in [5, 5.41) is 8.73. The highest BCUT2D eigenvalue weighted by Gasteiger charge is 2.39. The number of allylic oxidation sites excluding steroid dienone is 10. The predicted octanol–water partition coefficient (Wildman–Crippen LogP) is 6.26. The van der Waals surface area contributed by atoms with Crippen LogP contribution in [0.4, 0.5) is 0 Å². The van der Waals surface area contributed by atoms with Crippen LogP contribution in [0.1, 0.15) is 26.7 Å². The van der Waals surface area contributed by atoms with Crippen LogP contribution < -0.4 is 0 Å². The van der Waals surface area contributed by atoms with Crippen molar-refractivity contribution in [3.8, 4) is 0 Å². The van der Waals surface area contributed by atoms with Gasteiger partial charge in [0.05, 0.1) is 0 Å². The third kappa shape index (κ3) is 2.75. The molecule has 0 fully saturated rings. The molecule has 2 atom stereocenters. The minimum atomic E-state index is -1.67. The second kappa shape index (κ2) is 6.68. The van der Waals surface area contributed by atoms with E-state index in [9.17, 15) is 0 Å². The quantitative estimate of drug-likeness (QED) is 0.374. The van der Waals surface area contributed by atoms with E-state index in [0.29, 0.717) is 21.0 Å². The highest BCUT2D eigenvalue weighted by molar-refractivity contribution is 8.19. The van der Waals surface area contributed by atoms with E-state index in [0.717, 1.165) is 0 Å². The average molecular weight is 385 g/mol. The molecule has 0 radical (unpaired) electrons. The number of hydrogen-bond donors (Lipinski definition) is 0. The monoisotopic (exact) mass is 384 g/mol. The molecule has 0 spiro atoms. The zero-order valence-corrected chi connectivity index (χ0v) is 18.4. The maximum absolute atomic E-state index is 2.67.